The zero-order chi connectivity index (χ0) is 15.9. The van der Waals surface area contributed by atoms with Crippen molar-refractivity contribution < 1.29 is 9.59 Å². The van der Waals surface area contributed by atoms with E-state index in [4.69, 9.17) is 5.73 Å². The first-order valence-electron chi connectivity index (χ1n) is 8.99. The van der Waals surface area contributed by atoms with Crippen molar-refractivity contribution in [2.75, 3.05) is 6.54 Å². The molecule has 4 fully saturated rings. The fraction of sp³-hybridized carbons (Fsp3) is 0.889. The van der Waals surface area contributed by atoms with Gasteiger partial charge in [0.2, 0.25) is 11.8 Å². The number of nitrogens with two attached hydrogens (primary N) is 1. The lowest BCUT2D eigenvalue weighted by molar-refractivity contribution is -0.159. The van der Waals surface area contributed by atoms with Gasteiger partial charge in [0.05, 0.1) is 5.41 Å². The van der Waals surface area contributed by atoms with Gasteiger partial charge in [-0.25, -0.2) is 0 Å². The van der Waals surface area contributed by atoms with Crippen molar-refractivity contribution in [2.45, 2.75) is 71.3 Å². The summed E-state index contributed by atoms with van der Waals surface area (Å²) < 4.78 is 0. The first-order chi connectivity index (χ1) is 10.4. The van der Waals surface area contributed by atoms with Crippen LogP contribution in [0.15, 0.2) is 0 Å². The molecule has 4 rings (SSSR count). The lowest BCUT2D eigenvalue weighted by atomic mass is 9.49. The van der Waals surface area contributed by atoms with E-state index in [0.29, 0.717) is 25.3 Å². The predicted octanol–water partition coefficient (Wildman–Crippen LogP) is 2.71. The Labute approximate surface area is 133 Å². The average Bonchev–Trinajstić information content (AvgIpc) is 2.40. The average molecular weight is 306 g/mol. The normalized spacial score (nSPS) is 35.9. The summed E-state index contributed by atoms with van der Waals surface area (Å²) in [4.78, 5) is 26.3. The highest BCUT2D eigenvalue weighted by atomic mass is 16.2. The van der Waals surface area contributed by atoms with Gasteiger partial charge in [0.1, 0.15) is 0 Å². The predicted molar refractivity (Wildman–Crippen MR) is 85.9 cm³/mol. The lowest BCUT2D eigenvalue weighted by Crippen LogP contribution is -2.56. The molecule has 4 aliphatic rings. The molecule has 0 saturated heterocycles. The van der Waals surface area contributed by atoms with Gasteiger partial charge in [-0.2, -0.15) is 0 Å². The van der Waals surface area contributed by atoms with E-state index in [1.54, 1.807) is 0 Å². The van der Waals surface area contributed by atoms with Gasteiger partial charge in [0, 0.05) is 19.0 Å². The van der Waals surface area contributed by atoms with Crippen LogP contribution in [0.1, 0.15) is 65.2 Å². The van der Waals surface area contributed by atoms with Crippen molar-refractivity contribution in [3.05, 3.63) is 0 Å². The van der Waals surface area contributed by atoms with E-state index in [2.05, 4.69) is 13.8 Å². The molecule has 0 atom stereocenters. The van der Waals surface area contributed by atoms with Crippen molar-refractivity contribution in [2.24, 2.45) is 28.9 Å². The number of hydrogen-bond donors (Lipinski definition) is 1. The quantitative estimate of drug-likeness (QED) is 0.820. The Morgan fingerprint density at radius 2 is 1.59 bits per heavy atom. The van der Waals surface area contributed by atoms with Crippen molar-refractivity contribution >= 4 is 11.8 Å². The van der Waals surface area contributed by atoms with Gasteiger partial charge in [0.25, 0.3) is 0 Å². The number of rotatable bonds is 6. The summed E-state index contributed by atoms with van der Waals surface area (Å²) in [6, 6.07) is 0.202. The van der Waals surface area contributed by atoms with Gasteiger partial charge >= 0.3 is 0 Å². The van der Waals surface area contributed by atoms with E-state index in [1.165, 1.54) is 19.3 Å². The molecular weight excluding hydrogens is 276 g/mol. The zero-order valence-corrected chi connectivity index (χ0v) is 14.0. The summed E-state index contributed by atoms with van der Waals surface area (Å²) in [7, 11) is 0. The van der Waals surface area contributed by atoms with E-state index < -0.39 is 0 Å². The van der Waals surface area contributed by atoms with E-state index in [1.807, 2.05) is 4.90 Å². The maximum Gasteiger partial charge on any atom is 0.229 e. The van der Waals surface area contributed by atoms with Crippen LogP contribution in [0.2, 0.25) is 0 Å². The Kier molecular flexibility index (Phi) is 4.21. The van der Waals surface area contributed by atoms with E-state index >= 15 is 0 Å². The Morgan fingerprint density at radius 3 is 2.00 bits per heavy atom. The lowest BCUT2D eigenvalue weighted by Gasteiger charge is -2.57. The summed E-state index contributed by atoms with van der Waals surface area (Å²) in [5.41, 5.74) is 5.16. The highest BCUT2D eigenvalue weighted by Gasteiger charge is 2.55. The number of hydrogen-bond acceptors (Lipinski definition) is 2. The molecule has 0 aromatic carbocycles. The van der Waals surface area contributed by atoms with Crippen molar-refractivity contribution in [3.8, 4) is 0 Å². The third-order valence-electron chi connectivity index (χ3n) is 6.20. The van der Waals surface area contributed by atoms with Crippen LogP contribution >= 0.6 is 0 Å². The largest absolute Gasteiger partial charge is 0.370 e. The Balaban J connectivity index is 1.71. The molecule has 4 bridgehead atoms. The number of nitrogens with zero attached hydrogens (tertiary/aromatic N) is 1. The van der Waals surface area contributed by atoms with Crippen molar-refractivity contribution in [3.63, 3.8) is 0 Å². The number of carbonyl (C=O) groups excluding carboxylic acids is 2. The molecule has 0 unspecified atom stereocenters. The number of carbonyl (C=O) groups is 2. The van der Waals surface area contributed by atoms with Gasteiger partial charge in [-0.3, -0.25) is 9.59 Å². The topological polar surface area (TPSA) is 63.4 Å². The minimum atomic E-state index is -0.272. The van der Waals surface area contributed by atoms with Crippen LogP contribution in [0.4, 0.5) is 0 Å². The zero-order valence-electron chi connectivity index (χ0n) is 14.0. The molecule has 0 aromatic rings. The second-order valence-electron chi connectivity index (χ2n) is 8.36. The van der Waals surface area contributed by atoms with Gasteiger partial charge in [0.15, 0.2) is 0 Å². The molecule has 4 heteroatoms. The molecule has 0 radical (unpaired) electrons. The van der Waals surface area contributed by atoms with Gasteiger partial charge in [-0.05, 0) is 76.5 Å². The smallest absolute Gasteiger partial charge is 0.229 e. The summed E-state index contributed by atoms with van der Waals surface area (Å²) in [5, 5.41) is 0. The van der Waals surface area contributed by atoms with Crippen LogP contribution in [-0.2, 0) is 9.59 Å². The molecule has 4 aliphatic carbocycles. The van der Waals surface area contributed by atoms with Gasteiger partial charge < -0.3 is 10.6 Å². The SMILES string of the molecule is CC(C)N(CCCC(N)=O)C(=O)C12CC3CC(CC(C3)C1)C2. The highest BCUT2D eigenvalue weighted by molar-refractivity contribution is 5.83. The van der Waals surface area contributed by atoms with Crippen molar-refractivity contribution in [1.82, 2.24) is 4.90 Å². The fourth-order valence-electron chi connectivity index (χ4n) is 5.70. The summed E-state index contributed by atoms with van der Waals surface area (Å²) in [6.07, 6.45) is 8.45. The minimum absolute atomic E-state index is 0.0776. The first-order valence-corrected chi connectivity index (χ1v) is 8.99. The Morgan fingerprint density at radius 1 is 1.09 bits per heavy atom. The maximum absolute atomic E-state index is 13.3. The maximum atomic E-state index is 13.3. The van der Waals surface area contributed by atoms with Gasteiger partial charge in [-0.1, -0.05) is 0 Å². The molecule has 0 aromatic heterocycles. The van der Waals surface area contributed by atoms with Crippen LogP contribution < -0.4 is 5.73 Å². The van der Waals surface area contributed by atoms with Crippen LogP contribution in [-0.4, -0.2) is 29.3 Å². The summed E-state index contributed by atoms with van der Waals surface area (Å²) >= 11 is 0. The number of primary amides is 1. The van der Waals surface area contributed by atoms with Crippen LogP contribution in [0, 0.1) is 23.2 Å². The monoisotopic (exact) mass is 306 g/mol. The Bertz CT molecular complexity index is 423. The Hall–Kier alpha value is -1.06. The molecular formula is C18H30N2O2. The molecule has 4 saturated carbocycles. The molecule has 2 amide bonds. The van der Waals surface area contributed by atoms with E-state index in [-0.39, 0.29) is 17.4 Å². The fourth-order valence-corrected chi connectivity index (χ4v) is 5.70. The third kappa shape index (κ3) is 2.89. The molecule has 0 spiro atoms. The van der Waals surface area contributed by atoms with Gasteiger partial charge in [-0.15, -0.1) is 0 Å². The van der Waals surface area contributed by atoms with E-state index in [0.717, 1.165) is 37.0 Å². The molecule has 4 nitrogen and oxygen atoms in total. The molecule has 124 valence electrons. The van der Waals surface area contributed by atoms with E-state index in [9.17, 15) is 9.59 Å². The molecule has 0 aliphatic heterocycles. The highest BCUT2D eigenvalue weighted by Crippen LogP contribution is 2.60. The summed E-state index contributed by atoms with van der Waals surface area (Å²) in [5.74, 6) is 2.46. The van der Waals surface area contributed by atoms with Crippen LogP contribution in [0.5, 0.6) is 0 Å². The second-order valence-corrected chi connectivity index (χ2v) is 8.36. The second kappa shape index (κ2) is 5.86. The summed E-state index contributed by atoms with van der Waals surface area (Å²) in [6.45, 7) is 4.84. The third-order valence-corrected chi connectivity index (χ3v) is 6.20. The number of amides is 2. The molecule has 0 heterocycles. The molecule has 22 heavy (non-hydrogen) atoms. The minimum Gasteiger partial charge on any atom is -0.370 e. The standard InChI is InChI=1S/C18H30N2O2/c1-12(2)20(5-3-4-16(19)21)17(22)18-9-13-6-14(10-18)8-15(7-13)11-18/h12-15H,3-11H2,1-2H3,(H2,19,21). The van der Waals surface area contributed by atoms with Crippen LogP contribution in [0.25, 0.3) is 0 Å². The van der Waals surface area contributed by atoms with Crippen molar-refractivity contribution in [1.29, 1.82) is 0 Å². The first kappa shape index (κ1) is 15.8. The molecule has 2 N–H and O–H groups in total. The van der Waals surface area contributed by atoms with Crippen LogP contribution in [0.3, 0.4) is 0 Å².